The molecule has 1 aromatic rings. The molecule has 0 bridgehead atoms. The number of aliphatic hydroxyl groups excluding tert-OH is 1. The van der Waals surface area contributed by atoms with Gasteiger partial charge in [-0.2, -0.15) is 4.98 Å². The summed E-state index contributed by atoms with van der Waals surface area (Å²) in [5.74, 6) is -0.628. The minimum absolute atomic E-state index is 0.0290. The summed E-state index contributed by atoms with van der Waals surface area (Å²) in [4.78, 5) is 17.6. The highest BCUT2D eigenvalue weighted by Gasteiger charge is 2.25. The zero-order valence-electron chi connectivity index (χ0n) is 8.55. The molecule has 1 aromatic heterocycles. The van der Waals surface area contributed by atoms with E-state index in [4.69, 9.17) is 10.8 Å². The Bertz CT molecular complexity index is 481. The fourth-order valence-electron chi connectivity index (χ4n) is 1.95. The highest BCUT2D eigenvalue weighted by molar-refractivity contribution is 5.35. The lowest BCUT2D eigenvalue weighted by molar-refractivity contribution is 0.248. The van der Waals surface area contributed by atoms with Gasteiger partial charge in [0.15, 0.2) is 0 Å². The minimum Gasteiger partial charge on any atom is -0.493 e. The van der Waals surface area contributed by atoms with Crippen LogP contribution in [-0.4, -0.2) is 26.8 Å². The van der Waals surface area contributed by atoms with Crippen LogP contribution in [0.5, 0.6) is 5.88 Å². The van der Waals surface area contributed by atoms with E-state index in [-0.39, 0.29) is 35.8 Å². The molecule has 2 rings (SSSR count). The number of nitrogens with two attached hydrogens (primary N) is 1. The van der Waals surface area contributed by atoms with Crippen LogP contribution >= 0.6 is 0 Å². The third-order valence-corrected chi connectivity index (χ3v) is 2.73. The standard InChI is InChI=1S/C10H13N3O3/c11-10-12-8(15)7(9(16)13-10)6-2-1-5(3-6)4-14/h1-2,5-6,14H,3-4H2,(H4,11,12,13,15,16)/t5-,6+/m1/s1. The number of aromatic nitrogens is 2. The highest BCUT2D eigenvalue weighted by Crippen LogP contribution is 2.33. The maximum Gasteiger partial charge on any atom is 0.259 e. The average Bonchev–Trinajstić information content (AvgIpc) is 2.64. The maximum atomic E-state index is 11.6. The first-order chi connectivity index (χ1) is 7.61. The fourth-order valence-corrected chi connectivity index (χ4v) is 1.95. The van der Waals surface area contributed by atoms with Crippen LogP contribution in [0.25, 0.3) is 0 Å². The number of rotatable bonds is 2. The molecule has 1 heterocycles. The summed E-state index contributed by atoms with van der Waals surface area (Å²) in [5, 5.41) is 18.6. The van der Waals surface area contributed by atoms with Gasteiger partial charge in [-0.3, -0.25) is 9.78 Å². The average molecular weight is 223 g/mol. The van der Waals surface area contributed by atoms with Crippen LogP contribution in [0, 0.1) is 5.92 Å². The van der Waals surface area contributed by atoms with Crippen molar-refractivity contribution in [3.63, 3.8) is 0 Å². The van der Waals surface area contributed by atoms with Crippen LogP contribution in [-0.2, 0) is 0 Å². The summed E-state index contributed by atoms with van der Waals surface area (Å²) in [6.45, 7) is 0.0358. The molecular weight excluding hydrogens is 210 g/mol. The van der Waals surface area contributed by atoms with Crippen LogP contribution in [0.1, 0.15) is 17.9 Å². The first kappa shape index (κ1) is 10.7. The van der Waals surface area contributed by atoms with Crippen LogP contribution in [0.2, 0.25) is 0 Å². The van der Waals surface area contributed by atoms with Gasteiger partial charge in [-0.1, -0.05) is 12.2 Å². The third-order valence-electron chi connectivity index (χ3n) is 2.73. The SMILES string of the molecule is Nc1nc(O)c([C@H]2C=C[C@@H](CO)C2)c(=O)[nH]1. The maximum absolute atomic E-state index is 11.6. The van der Waals surface area contributed by atoms with Crippen LogP contribution in [0.3, 0.4) is 0 Å². The minimum atomic E-state index is -0.432. The summed E-state index contributed by atoms with van der Waals surface area (Å²) in [6, 6.07) is 0. The molecule has 0 radical (unpaired) electrons. The Hall–Kier alpha value is -1.82. The van der Waals surface area contributed by atoms with Crippen molar-refractivity contribution >= 4 is 5.95 Å². The number of hydrogen-bond acceptors (Lipinski definition) is 5. The number of allylic oxidation sites excluding steroid dienone is 1. The van der Waals surface area contributed by atoms with E-state index in [1.165, 1.54) is 0 Å². The Morgan fingerprint density at radius 2 is 2.31 bits per heavy atom. The molecule has 2 atom stereocenters. The smallest absolute Gasteiger partial charge is 0.259 e. The number of anilines is 1. The summed E-state index contributed by atoms with van der Waals surface area (Å²) < 4.78 is 0. The molecular formula is C10H13N3O3. The van der Waals surface area contributed by atoms with E-state index in [1.807, 2.05) is 6.08 Å². The van der Waals surface area contributed by atoms with Gasteiger partial charge in [0.2, 0.25) is 11.8 Å². The van der Waals surface area contributed by atoms with Crippen molar-refractivity contribution in [1.82, 2.24) is 9.97 Å². The van der Waals surface area contributed by atoms with Crippen molar-refractivity contribution in [2.24, 2.45) is 5.92 Å². The number of aromatic hydroxyl groups is 1. The summed E-state index contributed by atoms with van der Waals surface area (Å²) in [6.07, 6.45) is 4.22. The van der Waals surface area contributed by atoms with Gasteiger partial charge in [-0.25, -0.2) is 0 Å². The highest BCUT2D eigenvalue weighted by atomic mass is 16.3. The van der Waals surface area contributed by atoms with E-state index in [9.17, 15) is 9.90 Å². The molecule has 0 amide bonds. The van der Waals surface area contributed by atoms with Gasteiger partial charge >= 0.3 is 0 Å². The van der Waals surface area contributed by atoms with Crippen LogP contribution in [0.4, 0.5) is 5.95 Å². The predicted octanol–water partition coefficient (Wildman–Crippen LogP) is -0.290. The lowest BCUT2D eigenvalue weighted by Gasteiger charge is -2.10. The fraction of sp³-hybridized carbons (Fsp3) is 0.400. The first-order valence-corrected chi connectivity index (χ1v) is 4.99. The zero-order chi connectivity index (χ0) is 11.7. The summed E-state index contributed by atoms with van der Waals surface area (Å²) >= 11 is 0. The van der Waals surface area contributed by atoms with Crippen molar-refractivity contribution in [2.75, 3.05) is 12.3 Å². The summed E-state index contributed by atoms with van der Waals surface area (Å²) in [7, 11) is 0. The molecule has 0 aliphatic heterocycles. The van der Waals surface area contributed by atoms with Crippen molar-refractivity contribution in [3.8, 4) is 5.88 Å². The largest absolute Gasteiger partial charge is 0.493 e. The van der Waals surface area contributed by atoms with E-state index in [2.05, 4.69) is 9.97 Å². The van der Waals surface area contributed by atoms with Crippen LogP contribution < -0.4 is 11.3 Å². The predicted molar refractivity (Wildman–Crippen MR) is 58.0 cm³/mol. The molecule has 6 heteroatoms. The van der Waals surface area contributed by atoms with E-state index in [0.717, 1.165) is 0 Å². The van der Waals surface area contributed by atoms with Gasteiger partial charge in [0.1, 0.15) is 0 Å². The molecule has 0 aromatic carbocycles. The second kappa shape index (κ2) is 3.97. The van der Waals surface area contributed by atoms with Gasteiger partial charge in [0.05, 0.1) is 5.56 Å². The number of nitrogens with zero attached hydrogens (tertiary/aromatic N) is 1. The molecule has 0 saturated carbocycles. The third kappa shape index (κ3) is 1.79. The number of aliphatic hydroxyl groups is 1. The van der Waals surface area contributed by atoms with Gasteiger partial charge in [-0.05, 0) is 6.42 Å². The van der Waals surface area contributed by atoms with E-state index in [1.54, 1.807) is 6.08 Å². The molecule has 0 fully saturated rings. The second-order valence-electron chi connectivity index (χ2n) is 3.86. The lowest BCUT2D eigenvalue weighted by atomic mass is 9.97. The Kier molecular flexibility index (Phi) is 2.66. The lowest BCUT2D eigenvalue weighted by Crippen LogP contribution is -2.18. The topological polar surface area (TPSA) is 112 Å². The van der Waals surface area contributed by atoms with Crippen LogP contribution in [0.15, 0.2) is 16.9 Å². The molecule has 0 spiro atoms. The molecule has 0 saturated heterocycles. The number of hydrogen-bond donors (Lipinski definition) is 4. The molecule has 6 nitrogen and oxygen atoms in total. The Morgan fingerprint density at radius 3 is 2.88 bits per heavy atom. The molecule has 5 N–H and O–H groups in total. The number of nitrogens with one attached hydrogen (secondary N) is 1. The Labute approximate surface area is 91.5 Å². The zero-order valence-corrected chi connectivity index (χ0v) is 8.55. The van der Waals surface area contributed by atoms with Gasteiger partial charge < -0.3 is 15.9 Å². The van der Waals surface area contributed by atoms with Gasteiger partial charge in [-0.15, -0.1) is 0 Å². The monoisotopic (exact) mass is 223 g/mol. The van der Waals surface area contributed by atoms with Crippen molar-refractivity contribution < 1.29 is 10.2 Å². The molecule has 86 valence electrons. The Morgan fingerprint density at radius 1 is 1.56 bits per heavy atom. The molecule has 0 unspecified atom stereocenters. The van der Waals surface area contributed by atoms with E-state index < -0.39 is 5.56 Å². The van der Waals surface area contributed by atoms with Crippen molar-refractivity contribution in [1.29, 1.82) is 0 Å². The normalized spacial score (nSPS) is 23.8. The van der Waals surface area contributed by atoms with E-state index in [0.29, 0.717) is 6.42 Å². The van der Waals surface area contributed by atoms with Gasteiger partial charge in [0.25, 0.3) is 5.56 Å². The van der Waals surface area contributed by atoms with E-state index >= 15 is 0 Å². The molecule has 16 heavy (non-hydrogen) atoms. The first-order valence-electron chi connectivity index (χ1n) is 4.99. The number of nitrogen functional groups attached to an aromatic ring is 1. The summed E-state index contributed by atoms with van der Waals surface area (Å²) in [5.41, 5.74) is 5.07. The van der Waals surface area contributed by atoms with Crippen molar-refractivity contribution in [3.05, 3.63) is 28.1 Å². The van der Waals surface area contributed by atoms with Gasteiger partial charge in [0, 0.05) is 18.4 Å². The number of aromatic amines is 1. The molecule has 1 aliphatic carbocycles. The Balaban J connectivity index is 2.36. The molecule has 1 aliphatic rings. The quantitative estimate of drug-likeness (QED) is 0.515. The number of H-pyrrole nitrogens is 1. The van der Waals surface area contributed by atoms with Crippen molar-refractivity contribution in [2.45, 2.75) is 12.3 Å². The second-order valence-corrected chi connectivity index (χ2v) is 3.86.